The Morgan fingerprint density at radius 2 is 0.780 bits per heavy atom. The van der Waals surface area contributed by atoms with Crippen LogP contribution in [-0.4, -0.2) is 0 Å². The molecule has 6 aromatic rings. The zero-order chi connectivity index (χ0) is 34.6. The number of hydrogen-bond acceptors (Lipinski definition) is 11. The second kappa shape index (κ2) is 13.9. The van der Waals surface area contributed by atoms with E-state index in [0.29, 0.717) is 45.7 Å². The van der Waals surface area contributed by atoms with Gasteiger partial charge in [0, 0.05) is 0 Å². The van der Waals surface area contributed by atoms with Crippen LogP contribution in [-0.2, 0) is 0 Å². The summed E-state index contributed by atoms with van der Waals surface area (Å²) in [5, 5.41) is 1.86. The van der Waals surface area contributed by atoms with Crippen molar-refractivity contribution in [3.05, 3.63) is 158 Å². The van der Waals surface area contributed by atoms with E-state index in [2.05, 4.69) is 9.72 Å². The third-order valence-corrected chi connectivity index (χ3v) is 19.4. The molecule has 0 atom stereocenters. The molecule has 10 N–H and O–H groups in total. The molecule has 1 aliphatic heterocycles. The summed E-state index contributed by atoms with van der Waals surface area (Å²) in [5.41, 5.74) is 26.7. The van der Waals surface area contributed by atoms with E-state index in [4.69, 9.17) is 45.5 Å². The van der Waals surface area contributed by atoms with Gasteiger partial charge in [-0.2, -0.15) is 0 Å². The van der Waals surface area contributed by atoms with Crippen LogP contribution in [0.15, 0.2) is 162 Å². The van der Waals surface area contributed by atoms with E-state index in [0.717, 1.165) is 10.6 Å². The number of anilines is 4. The van der Waals surface area contributed by atoms with Gasteiger partial charge in [-0.05, 0) is 0 Å². The van der Waals surface area contributed by atoms with E-state index in [1.165, 1.54) is 0 Å². The molecule has 1 aliphatic rings. The van der Waals surface area contributed by atoms with E-state index in [1.807, 2.05) is 60.7 Å². The number of benzene rings is 6. The number of nitrogen functional groups attached to an aromatic ring is 4. The van der Waals surface area contributed by atoms with Gasteiger partial charge in [-0.3, -0.25) is 0 Å². The van der Waals surface area contributed by atoms with Gasteiger partial charge in [-0.15, -0.1) is 0 Å². The molecular weight excluding hydrogens is 687 g/mol. The van der Waals surface area contributed by atoms with Crippen molar-refractivity contribution >= 4 is 56.6 Å². The predicted octanol–water partition coefficient (Wildman–Crippen LogP) is 7.41. The number of nitrogens with one attached hydrogen (secondary N) is 2. The summed E-state index contributed by atoms with van der Waals surface area (Å²) < 4.78 is 33.6. The molecule has 14 heteroatoms. The summed E-state index contributed by atoms with van der Waals surface area (Å²) >= 11 is 0. The normalized spacial score (nSPS) is 16.9. The summed E-state index contributed by atoms with van der Waals surface area (Å²) in [6.45, 7) is 0. The van der Waals surface area contributed by atoms with E-state index in [-0.39, 0.29) is 0 Å². The van der Waals surface area contributed by atoms with Gasteiger partial charge in [0.15, 0.2) is 0 Å². The SMILES string of the molecule is Nc1ccc(OP2(Oc3ccc(N)cc3)=N[PH](c3ccccc3)(c3ccccc3)N[PH](Oc3ccc(N)cc3)(Oc3ccc(N)cc3)N2)cc1. The Hall–Kier alpha value is -5.27. The van der Waals surface area contributed by atoms with Crippen LogP contribution in [0.5, 0.6) is 23.0 Å². The molecule has 6 aromatic carbocycles. The Bertz CT molecular complexity index is 1970. The van der Waals surface area contributed by atoms with Crippen molar-refractivity contribution < 1.29 is 18.1 Å². The second-order valence-electron chi connectivity index (χ2n) is 11.6. The topological polar surface area (TPSA) is 177 Å². The fourth-order valence-electron chi connectivity index (χ4n) is 5.45. The first-order valence-electron chi connectivity index (χ1n) is 15.7. The van der Waals surface area contributed by atoms with Gasteiger partial charge < -0.3 is 0 Å². The fourth-order valence-corrected chi connectivity index (χ4v) is 19.5. The predicted molar refractivity (Wildman–Crippen MR) is 210 cm³/mol. The van der Waals surface area contributed by atoms with Crippen molar-refractivity contribution in [2.75, 3.05) is 22.9 Å². The summed E-state index contributed by atoms with van der Waals surface area (Å²) in [5.74, 6) is 1.97. The molecule has 1 heterocycles. The van der Waals surface area contributed by atoms with Crippen molar-refractivity contribution in [2.24, 2.45) is 4.52 Å². The van der Waals surface area contributed by atoms with E-state index < -0.39 is 23.2 Å². The van der Waals surface area contributed by atoms with Gasteiger partial charge in [0.05, 0.1) is 0 Å². The second-order valence-corrected chi connectivity index (χ2v) is 19.9. The monoisotopic (exact) mass is 725 g/mol. The van der Waals surface area contributed by atoms with Crippen LogP contribution >= 0.6 is 23.2 Å². The standard InChI is InChI=1S/C36H38N7O4P3/c37-27-11-19-31(20-12-27)44-49(45-32-21-13-28(38)14-22-32)41-48(35-7-3-1-4-8-35,36-9-5-2-6-10-36)42-50(43-49,46-33-23-15-29(39)16-24-33)47-34-25-17-30(40)18-26-34/h1-26,41,43,48-49H,37-40H2. The van der Waals surface area contributed by atoms with Crippen LogP contribution in [0.3, 0.4) is 0 Å². The van der Waals surface area contributed by atoms with E-state index in [1.54, 1.807) is 97.1 Å². The third kappa shape index (κ3) is 7.33. The molecule has 0 spiro atoms. The quantitative estimate of drug-likeness (QED) is 0.0616. The Kier molecular flexibility index (Phi) is 9.25. The minimum absolute atomic E-state index is 0.480. The van der Waals surface area contributed by atoms with Crippen molar-refractivity contribution in [1.29, 1.82) is 0 Å². The van der Waals surface area contributed by atoms with Crippen LogP contribution in [0.2, 0.25) is 0 Å². The molecule has 50 heavy (non-hydrogen) atoms. The number of hydrogen-bond donors (Lipinski definition) is 6. The Morgan fingerprint density at radius 3 is 1.14 bits per heavy atom. The van der Waals surface area contributed by atoms with Gasteiger partial charge in [0.1, 0.15) is 0 Å². The molecule has 0 fully saturated rings. The average molecular weight is 726 g/mol. The van der Waals surface area contributed by atoms with Crippen LogP contribution in [0, 0.1) is 0 Å². The molecule has 0 saturated heterocycles. The molecule has 0 aliphatic carbocycles. The Morgan fingerprint density at radius 1 is 0.440 bits per heavy atom. The molecule has 0 saturated carbocycles. The maximum absolute atomic E-state index is 7.01. The molecule has 7 rings (SSSR count). The number of nitrogens with two attached hydrogens (primary N) is 4. The molecule has 0 amide bonds. The van der Waals surface area contributed by atoms with Crippen molar-refractivity contribution in [3.8, 4) is 23.0 Å². The zero-order valence-electron chi connectivity index (χ0n) is 26.8. The van der Waals surface area contributed by atoms with Crippen LogP contribution in [0.4, 0.5) is 22.7 Å². The van der Waals surface area contributed by atoms with Crippen molar-refractivity contribution in [1.82, 2.24) is 9.72 Å². The van der Waals surface area contributed by atoms with Crippen LogP contribution < -0.4 is 61.4 Å². The summed E-state index contributed by atoms with van der Waals surface area (Å²) in [7, 11) is -11.2. The van der Waals surface area contributed by atoms with Gasteiger partial charge >= 0.3 is 293 Å². The zero-order valence-corrected chi connectivity index (χ0v) is 29.7. The van der Waals surface area contributed by atoms with E-state index >= 15 is 0 Å². The first-order chi connectivity index (χ1) is 24.2. The molecule has 0 bridgehead atoms. The molecule has 0 radical (unpaired) electrons. The first-order valence-corrected chi connectivity index (χ1v) is 21.1. The third-order valence-electron chi connectivity index (χ3n) is 7.80. The molecule has 256 valence electrons. The first kappa shape index (κ1) is 33.2. The fraction of sp³-hybridized carbons (Fsp3) is 0. The minimum atomic E-state index is -4.03. The summed E-state index contributed by atoms with van der Waals surface area (Å²) in [6, 6.07) is 48.5. The van der Waals surface area contributed by atoms with Crippen LogP contribution in [0.25, 0.3) is 0 Å². The van der Waals surface area contributed by atoms with E-state index in [9.17, 15) is 0 Å². The average Bonchev–Trinajstić information content (AvgIpc) is 3.13. The summed E-state index contributed by atoms with van der Waals surface area (Å²) in [6.07, 6.45) is 0. The van der Waals surface area contributed by atoms with Crippen molar-refractivity contribution in [3.63, 3.8) is 0 Å². The molecule has 0 aromatic heterocycles. The number of nitrogens with zero attached hydrogens (tertiary/aromatic N) is 1. The molecule has 11 nitrogen and oxygen atoms in total. The summed E-state index contributed by atoms with van der Waals surface area (Å²) in [4.78, 5) is 7.52. The Balaban J connectivity index is 1.53. The molecule has 0 unspecified atom stereocenters. The van der Waals surface area contributed by atoms with Gasteiger partial charge in [-0.25, -0.2) is 0 Å². The van der Waals surface area contributed by atoms with Gasteiger partial charge in [0.25, 0.3) is 0 Å². The maximum atomic E-state index is 7.01. The van der Waals surface area contributed by atoms with Gasteiger partial charge in [-0.1, -0.05) is 0 Å². The molecular formula is C36H38N7O4P3. The van der Waals surface area contributed by atoms with Crippen LogP contribution in [0.1, 0.15) is 0 Å². The van der Waals surface area contributed by atoms with Gasteiger partial charge in [0.2, 0.25) is 0 Å². The van der Waals surface area contributed by atoms with Crippen molar-refractivity contribution in [2.45, 2.75) is 0 Å². The Labute approximate surface area is 291 Å². The number of rotatable bonds is 10.